The van der Waals surface area contributed by atoms with Crippen LogP contribution in [0.25, 0.3) is 0 Å². The SMILES string of the molecule is N#CC(NCCCO)c1cc(Br)c(Br)s1. The second-order valence-corrected chi connectivity index (χ2v) is 6.12. The Morgan fingerprint density at radius 3 is 2.80 bits per heavy atom. The molecule has 0 spiro atoms. The molecule has 1 rings (SSSR count). The molecule has 0 aliphatic heterocycles. The van der Waals surface area contributed by atoms with Crippen LogP contribution in [-0.2, 0) is 0 Å². The number of nitrogens with one attached hydrogen (secondary N) is 1. The molecule has 2 N–H and O–H groups in total. The highest BCUT2D eigenvalue weighted by Gasteiger charge is 2.14. The van der Waals surface area contributed by atoms with E-state index in [1.165, 1.54) is 11.3 Å². The zero-order chi connectivity index (χ0) is 11.3. The number of rotatable bonds is 5. The molecule has 1 heterocycles. The van der Waals surface area contributed by atoms with E-state index in [9.17, 15) is 0 Å². The Balaban J connectivity index is 2.63. The summed E-state index contributed by atoms with van der Waals surface area (Å²) in [5.41, 5.74) is 0. The van der Waals surface area contributed by atoms with Gasteiger partial charge < -0.3 is 5.11 Å². The van der Waals surface area contributed by atoms with Crippen molar-refractivity contribution in [3.05, 3.63) is 19.2 Å². The minimum atomic E-state index is -0.302. The molecule has 15 heavy (non-hydrogen) atoms. The van der Waals surface area contributed by atoms with Crippen molar-refractivity contribution in [2.24, 2.45) is 0 Å². The monoisotopic (exact) mass is 352 g/mol. The number of aliphatic hydroxyl groups is 1. The predicted molar refractivity (Wildman–Crippen MR) is 67.8 cm³/mol. The van der Waals surface area contributed by atoms with Gasteiger partial charge in [-0.15, -0.1) is 11.3 Å². The first kappa shape index (κ1) is 13.1. The molecule has 6 heteroatoms. The van der Waals surface area contributed by atoms with Crippen molar-refractivity contribution in [1.82, 2.24) is 5.32 Å². The lowest BCUT2D eigenvalue weighted by molar-refractivity contribution is 0.285. The molecule has 0 aliphatic carbocycles. The lowest BCUT2D eigenvalue weighted by Crippen LogP contribution is -2.20. The molecule has 0 bridgehead atoms. The third-order valence-corrected chi connectivity index (χ3v) is 5.08. The van der Waals surface area contributed by atoms with Crippen LogP contribution in [0.1, 0.15) is 17.3 Å². The van der Waals surface area contributed by atoms with Gasteiger partial charge in [-0.1, -0.05) is 0 Å². The molecule has 0 amide bonds. The molecule has 0 radical (unpaired) electrons. The summed E-state index contributed by atoms with van der Waals surface area (Å²) < 4.78 is 1.95. The standard InChI is InChI=1S/C9H10Br2N2OS/c10-6-4-8(15-9(6)11)7(5-12)13-2-1-3-14/h4,7,13-14H,1-3H2. The van der Waals surface area contributed by atoms with E-state index in [1.54, 1.807) is 0 Å². The molecule has 3 nitrogen and oxygen atoms in total. The summed E-state index contributed by atoms with van der Waals surface area (Å²) in [4.78, 5) is 0.967. The summed E-state index contributed by atoms with van der Waals surface area (Å²) in [6.45, 7) is 0.783. The maximum atomic E-state index is 8.98. The number of halogens is 2. The fraction of sp³-hybridized carbons (Fsp3) is 0.444. The van der Waals surface area contributed by atoms with Gasteiger partial charge in [-0.2, -0.15) is 5.26 Å². The Kier molecular flexibility index (Phi) is 5.79. The second kappa shape index (κ2) is 6.61. The van der Waals surface area contributed by atoms with Gasteiger partial charge in [0.15, 0.2) is 0 Å². The highest BCUT2D eigenvalue weighted by Crippen LogP contribution is 2.35. The summed E-state index contributed by atoms with van der Waals surface area (Å²) in [5.74, 6) is 0. The van der Waals surface area contributed by atoms with Crippen molar-refractivity contribution in [2.45, 2.75) is 12.5 Å². The van der Waals surface area contributed by atoms with Crippen molar-refractivity contribution >= 4 is 43.2 Å². The van der Waals surface area contributed by atoms with Gasteiger partial charge in [-0.3, -0.25) is 5.32 Å². The molecule has 0 saturated carbocycles. The molecular weight excluding hydrogens is 344 g/mol. The van der Waals surface area contributed by atoms with Gasteiger partial charge >= 0.3 is 0 Å². The number of hydrogen-bond donors (Lipinski definition) is 2. The molecule has 82 valence electrons. The number of aliphatic hydroxyl groups excluding tert-OH is 1. The van der Waals surface area contributed by atoms with Crippen molar-refractivity contribution in [1.29, 1.82) is 5.26 Å². The van der Waals surface area contributed by atoms with E-state index >= 15 is 0 Å². The average molecular weight is 354 g/mol. The zero-order valence-corrected chi connectivity index (χ0v) is 11.8. The van der Waals surface area contributed by atoms with Crippen molar-refractivity contribution in [3.8, 4) is 6.07 Å². The van der Waals surface area contributed by atoms with Crippen LogP contribution in [0, 0.1) is 11.3 Å². The van der Waals surface area contributed by atoms with E-state index in [2.05, 4.69) is 43.2 Å². The van der Waals surface area contributed by atoms with E-state index in [1.807, 2.05) is 6.07 Å². The summed E-state index contributed by atoms with van der Waals surface area (Å²) >= 11 is 8.30. The van der Waals surface area contributed by atoms with Crippen LogP contribution >= 0.6 is 43.2 Å². The molecule has 0 saturated heterocycles. The Morgan fingerprint density at radius 2 is 2.33 bits per heavy atom. The number of nitrogens with zero attached hydrogens (tertiary/aromatic N) is 1. The fourth-order valence-corrected chi connectivity index (χ4v) is 3.15. The van der Waals surface area contributed by atoms with Gasteiger partial charge in [0.1, 0.15) is 6.04 Å². The highest BCUT2D eigenvalue weighted by atomic mass is 79.9. The van der Waals surface area contributed by atoms with Crippen LogP contribution in [0.2, 0.25) is 0 Å². The van der Waals surface area contributed by atoms with E-state index in [0.29, 0.717) is 13.0 Å². The second-order valence-electron chi connectivity index (χ2n) is 2.86. The minimum absolute atomic E-state index is 0.142. The third-order valence-electron chi connectivity index (χ3n) is 1.76. The average Bonchev–Trinajstić information content (AvgIpc) is 2.54. The zero-order valence-electron chi connectivity index (χ0n) is 7.83. The topological polar surface area (TPSA) is 56.0 Å². The Labute approximate surface area is 109 Å². The van der Waals surface area contributed by atoms with Gasteiger partial charge in [0, 0.05) is 16.0 Å². The van der Waals surface area contributed by atoms with E-state index in [0.717, 1.165) is 13.1 Å². The quantitative estimate of drug-likeness (QED) is 0.800. The molecule has 1 unspecified atom stereocenters. The first-order valence-corrected chi connectivity index (χ1v) is 6.78. The normalized spacial score (nSPS) is 12.4. The maximum absolute atomic E-state index is 8.98. The Bertz CT molecular complexity index is 342. The first-order chi connectivity index (χ1) is 7.19. The van der Waals surface area contributed by atoms with Gasteiger partial charge in [-0.05, 0) is 50.9 Å². The molecule has 1 atom stereocenters. The summed E-state index contributed by atoms with van der Waals surface area (Å²) in [6.07, 6.45) is 0.659. The highest BCUT2D eigenvalue weighted by molar-refractivity contribution is 9.13. The van der Waals surface area contributed by atoms with E-state index in [4.69, 9.17) is 10.4 Å². The Morgan fingerprint density at radius 1 is 1.60 bits per heavy atom. The van der Waals surface area contributed by atoms with Crippen LogP contribution in [0.5, 0.6) is 0 Å². The van der Waals surface area contributed by atoms with Crippen molar-refractivity contribution in [3.63, 3.8) is 0 Å². The van der Waals surface area contributed by atoms with Crippen LogP contribution in [0.4, 0.5) is 0 Å². The van der Waals surface area contributed by atoms with Crippen LogP contribution in [-0.4, -0.2) is 18.3 Å². The lowest BCUT2D eigenvalue weighted by Gasteiger charge is -2.08. The molecule has 0 aliphatic rings. The summed E-state index contributed by atoms with van der Waals surface area (Å²) in [5, 5.41) is 20.7. The Hall–Kier alpha value is 0.0700. The smallest absolute Gasteiger partial charge is 0.130 e. The molecule has 0 fully saturated rings. The van der Waals surface area contributed by atoms with Gasteiger partial charge in [-0.25, -0.2) is 0 Å². The van der Waals surface area contributed by atoms with Crippen LogP contribution in [0.3, 0.4) is 0 Å². The van der Waals surface area contributed by atoms with E-state index in [-0.39, 0.29) is 12.6 Å². The fourth-order valence-electron chi connectivity index (χ4n) is 1.04. The molecule has 1 aromatic heterocycles. The van der Waals surface area contributed by atoms with Gasteiger partial charge in [0.05, 0.1) is 9.86 Å². The number of thiophene rings is 1. The van der Waals surface area contributed by atoms with Crippen molar-refractivity contribution in [2.75, 3.05) is 13.2 Å². The minimum Gasteiger partial charge on any atom is -0.396 e. The lowest BCUT2D eigenvalue weighted by atomic mass is 10.2. The molecular formula is C9H10Br2N2OS. The third kappa shape index (κ3) is 3.85. The largest absolute Gasteiger partial charge is 0.396 e. The van der Waals surface area contributed by atoms with Crippen LogP contribution < -0.4 is 5.32 Å². The summed E-state index contributed by atoms with van der Waals surface area (Å²) in [6, 6.07) is 3.82. The van der Waals surface area contributed by atoms with Crippen molar-refractivity contribution < 1.29 is 5.11 Å². The summed E-state index contributed by atoms with van der Waals surface area (Å²) in [7, 11) is 0. The maximum Gasteiger partial charge on any atom is 0.130 e. The van der Waals surface area contributed by atoms with E-state index < -0.39 is 0 Å². The van der Waals surface area contributed by atoms with Gasteiger partial charge in [0.2, 0.25) is 0 Å². The first-order valence-electron chi connectivity index (χ1n) is 4.37. The molecule has 1 aromatic rings. The molecule has 0 aromatic carbocycles. The van der Waals surface area contributed by atoms with Crippen LogP contribution in [0.15, 0.2) is 14.3 Å². The van der Waals surface area contributed by atoms with Gasteiger partial charge in [0.25, 0.3) is 0 Å². The number of hydrogen-bond acceptors (Lipinski definition) is 4. The predicted octanol–water partition coefficient (Wildman–Crippen LogP) is 2.81. The number of nitriles is 1.